The second-order valence-electron chi connectivity index (χ2n) is 5.08. The van der Waals surface area contributed by atoms with Crippen LogP contribution in [-0.2, 0) is 16.0 Å². The number of nitrogens with zero attached hydrogens (tertiary/aromatic N) is 1. The number of rotatable bonds is 7. The number of amides is 2. The lowest BCUT2D eigenvalue weighted by Crippen LogP contribution is -2.38. The number of thiazole rings is 1. The summed E-state index contributed by atoms with van der Waals surface area (Å²) in [6, 6.07) is 5.28. The molecule has 1 atom stereocenters. The van der Waals surface area contributed by atoms with Crippen molar-refractivity contribution in [3.8, 4) is 0 Å². The molecule has 0 aliphatic heterocycles. The number of carbonyl (C=O) groups excluding carboxylic acids is 2. The Bertz CT molecular complexity index is 713. The summed E-state index contributed by atoms with van der Waals surface area (Å²) >= 11 is 1.51. The fraction of sp³-hybridized carbons (Fsp3) is 0.250. The van der Waals surface area contributed by atoms with Crippen LogP contribution < -0.4 is 10.6 Å². The topological polar surface area (TPSA) is 108 Å². The van der Waals surface area contributed by atoms with Gasteiger partial charge in [-0.25, -0.2) is 4.98 Å². The maximum absolute atomic E-state index is 11.9. The smallest absolute Gasteiger partial charge is 0.325 e. The number of carbonyl (C=O) groups is 3. The Morgan fingerprint density at radius 3 is 2.54 bits per heavy atom. The number of benzene rings is 1. The Morgan fingerprint density at radius 1 is 1.25 bits per heavy atom. The predicted molar refractivity (Wildman–Crippen MR) is 90.1 cm³/mol. The third-order valence-corrected chi connectivity index (χ3v) is 4.04. The van der Waals surface area contributed by atoms with E-state index in [-0.39, 0.29) is 5.91 Å². The quantitative estimate of drug-likeness (QED) is 0.709. The molecule has 1 aromatic heterocycles. The molecule has 0 saturated heterocycles. The number of anilines is 1. The molecular formula is C16H17N3O4S. The number of carboxylic acid groups (broad SMARTS) is 1. The van der Waals surface area contributed by atoms with E-state index in [9.17, 15) is 14.4 Å². The molecule has 0 aliphatic rings. The zero-order valence-corrected chi connectivity index (χ0v) is 13.8. The molecule has 0 spiro atoms. The maximum Gasteiger partial charge on any atom is 0.325 e. The van der Waals surface area contributed by atoms with Gasteiger partial charge in [0, 0.05) is 35.7 Å². The van der Waals surface area contributed by atoms with E-state index in [0.717, 1.165) is 5.01 Å². The summed E-state index contributed by atoms with van der Waals surface area (Å²) in [4.78, 5) is 38.6. The lowest BCUT2D eigenvalue weighted by atomic mass is 10.1. The summed E-state index contributed by atoms with van der Waals surface area (Å²) < 4.78 is 0. The minimum Gasteiger partial charge on any atom is -0.480 e. The van der Waals surface area contributed by atoms with E-state index in [2.05, 4.69) is 15.6 Å². The number of aromatic nitrogens is 1. The number of hydrogen-bond donors (Lipinski definition) is 3. The first-order valence-electron chi connectivity index (χ1n) is 7.27. The monoisotopic (exact) mass is 347 g/mol. The first kappa shape index (κ1) is 17.6. The van der Waals surface area contributed by atoms with Gasteiger partial charge in [-0.3, -0.25) is 14.4 Å². The molecule has 2 aromatic rings. The summed E-state index contributed by atoms with van der Waals surface area (Å²) in [7, 11) is 0. The average molecular weight is 347 g/mol. The van der Waals surface area contributed by atoms with Crippen LogP contribution in [-0.4, -0.2) is 33.9 Å². The summed E-state index contributed by atoms with van der Waals surface area (Å²) in [6.45, 7) is 1.39. The van der Waals surface area contributed by atoms with Crippen LogP contribution in [0.4, 0.5) is 5.69 Å². The third-order valence-electron chi connectivity index (χ3n) is 3.20. The molecule has 0 fully saturated rings. The standard InChI is InChI=1S/C16H17N3O4S/c1-10(16(22)23)18-15(21)11-2-4-12(5-3-11)19-13(20)6-7-14-17-8-9-24-14/h2-5,8-10H,6-7H2,1H3,(H,18,21)(H,19,20)(H,22,23). The highest BCUT2D eigenvalue weighted by Crippen LogP contribution is 2.12. The van der Waals surface area contributed by atoms with Crippen molar-refractivity contribution in [2.75, 3.05) is 5.32 Å². The maximum atomic E-state index is 11.9. The van der Waals surface area contributed by atoms with E-state index < -0.39 is 17.9 Å². The Kier molecular flexibility index (Phi) is 6.02. The van der Waals surface area contributed by atoms with Gasteiger partial charge >= 0.3 is 5.97 Å². The molecule has 7 nitrogen and oxygen atoms in total. The van der Waals surface area contributed by atoms with Gasteiger partial charge in [-0.1, -0.05) is 0 Å². The van der Waals surface area contributed by atoms with Gasteiger partial charge in [-0.05, 0) is 31.2 Å². The zero-order chi connectivity index (χ0) is 17.5. The van der Waals surface area contributed by atoms with Crippen LogP contribution >= 0.6 is 11.3 Å². The molecule has 24 heavy (non-hydrogen) atoms. The number of aliphatic carboxylic acids is 1. The van der Waals surface area contributed by atoms with Gasteiger partial charge in [0.05, 0.1) is 5.01 Å². The van der Waals surface area contributed by atoms with Crippen LogP contribution in [0, 0.1) is 0 Å². The predicted octanol–water partition coefficient (Wildman–Crippen LogP) is 1.92. The van der Waals surface area contributed by atoms with Crippen molar-refractivity contribution in [2.45, 2.75) is 25.8 Å². The van der Waals surface area contributed by atoms with E-state index in [1.54, 1.807) is 18.3 Å². The van der Waals surface area contributed by atoms with E-state index in [1.165, 1.54) is 30.4 Å². The lowest BCUT2D eigenvalue weighted by molar-refractivity contribution is -0.138. The Morgan fingerprint density at radius 2 is 1.96 bits per heavy atom. The van der Waals surface area contributed by atoms with Crippen LogP contribution in [0.15, 0.2) is 35.8 Å². The molecule has 2 amide bonds. The largest absolute Gasteiger partial charge is 0.480 e. The first-order chi connectivity index (χ1) is 11.5. The van der Waals surface area contributed by atoms with E-state index in [0.29, 0.717) is 24.1 Å². The zero-order valence-electron chi connectivity index (χ0n) is 13.0. The van der Waals surface area contributed by atoms with Crippen molar-refractivity contribution in [1.82, 2.24) is 10.3 Å². The van der Waals surface area contributed by atoms with Gasteiger partial charge in [0.25, 0.3) is 5.91 Å². The SMILES string of the molecule is CC(NC(=O)c1ccc(NC(=O)CCc2nccs2)cc1)C(=O)O. The van der Waals surface area contributed by atoms with Gasteiger partial charge in [0.1, 0.15) is 6.04 Å². The minimum atomic E-state index is -1.10. The molecule has 3 N–H and O–H groups in total. The molecule has 1 unspecified atom stereocenters. The van der Waals surface area contributed by atoms with Crippen molar-refractivity contribution in [3.05, 3.63) is 46.4 Å². The van der Waals surface area contributed by atoms with Crippen molar-refractivity contribution >= 4 is 34.8 Å². The number of hydrogen-bond acceptors (Lipinski definition) is 5. The molecule has 1 heterocycles. The summed E-state index contributed by atoms with van der Waals surface area (Å²) in [6.07, 6.45) is 2.61. The van der Waals surface area contributed by atoms with Gasteiger partial charge < -0.3 is 15.7 Å². The van der Waals surface area contributed by atoms with Crippen LogP contribution in [0.3, 0.4) is 0 Å². The molecule has 8 heteroatoms. The number of nitrogens with one attached hydrogen (secondary N) is 2. The molecule has 0 saturated carbocycles. The highest BCUT2D eigenvalue weighted by atomic mass is 32.1. The minimum absolute atomic E-state index is 0.137. The van der Waals surface area contributed by atoms with Crippen LogP contribution in [0.5, 0.6) is 0 Å². The van der Waals surface area contributed by atoms with Crippen LogP contribution in [0.25, 0.3) is 0 Å². The fourth-order valence-electron chi connectivity index (χ4n) is 1.87. The van der Waals surface area contributed by atoms with Gasteiger partial charge in [-0.2, -0.15) is 0 Å². The average Bonchev–Trinajstić information content (AvgIpc) is 3.07. The Balaban J connectivity index is 1.86. The van der Waals surface area contributed by atoms with E-state index >= 15 is 0 Å². The van der Waals surface area contributed by atoms with Crippen molar-refractivity contribution in [2.24, 2.45) is 0 Å². The van der Waals surface area contributed by atoms with Crippen molar-refractivity contribution < 1.29 is 19.5 Å². The lowest BCUT2D eigenvalue weighted by Gasteiger charge is -2.10. The van der Waals surface area contributed by atoms with Gasteiger partial charge in [0.15, 0.2) is 0 Å². The highest BCUT2D eigenvalue weighted by molar-refractivity contribution is 7.09. The van der Waals surface area contributed by atoms with E-state index in [4.69, 9.17) is 5.11 Å². The summed E-state index contributed by atoms with van der Waals surface area (Å²) in [5.41, 5.74) is 0.894. The number of carboxylic acids is 1. The molecule has 126 valence electrons. The Hall–Kier alpha value is -2.74. The third kappa shape index (κ3) is 5.17. The molecule has 0 aliphatic carbocycles. The normalized spacial score (nSPS) is 11.5. The fourth-order valence-corrected chi connectivity index (χ4v) is 2.49. The van der Waals surface area contributed by atoms with Gasteiger partial charge in [0.2, 0.25) is 5.91 Å². The van der Waals surface area contributed by atoms with Crippen molar-refractivity contribution in [3.63, 3.8) is 0 Å². The molecule has 0 bridgehead atoms. The van der Waals surface area contributed by atoms with Crippen molar-refractivity contribution in [1.29, 1.82) is 0 Å². The highest BCUT2D eigenvalue weighted by Gasteiger charge is 2.15. The van der Waals surface area contributed by atoms with Gasteiger partial charge in [-0.15, -0.1) is 11.3 Å². The van der Waals surface area contributed by atoms with E-state index in [1.807, 2.05) is 5.38 Å². The summed E-state index contributed by atoms with van der Waals surface area (Å²) in [5, 5.41) is 16.6. The van der Waals surface area contributed by atoms with Crippen LogP contribution in [0.1, 0.15) is 28.7 Å². The molecule has 2 rings (SSSR count). The second-order valence-corrected chi connectivity index (χ2v) is 6.06. The second kappa shape index (κ2) is 8.21. The molecule has 1 aromatic carbocycles. The number of aryl methyl sites for hydroxylation is 1. The van der Waals surface area contributed by atoms with Crippen LogP contribution in [0.2, 0.25) is 0 Å². The molecular weight excluding hydrogens is 330 g/mol. The summed E-state index contributed by atoms with van der Waals surface area (Å²) in [5.74, 6) is -1.72. The first-order valence-corrected chi connectivity index (χ1v) is 8.15. The molecule has 0 radical (unpaired) electrons. The Labute approximate surface area is 142 Å².